The summed E-state index contributed by atoms with van der Waals surface area (Å²) in [6, 6.07) is 0. The van der Waals surface area contributed by atoms with Crippen molar-refractivity contribution in [2.75, 3.05) is 73.2 Å². The molecule has 0 rings (SSSR count). The lowest BCUT2D eigenvalue weighted by atomic mass is 10.7. The molecule has 1 N–H and O–H groups in total. The smallest absolute Gasteiger partial charge is 0.0701 e. The van der Waals surface area contributed by atoms with Crippen molar-refractivity contribution >= 4 is 0 Å². The van der Waals surface area contributed by atoms with Gasteiger partial charge in [0.05, 0.1) is 52.9 Å². The van der Waals surface area contributed by atoms with Gasteiger partial charge in [-0.05, 0) is 13.8 Å². The van der Waals surface area contributed by atoms with Crippen molar-refractivity contribution in [1.29, 1.82) is 0 Å². The van der Waals surface area contributed by atoms with Gasteiger partial charge in [-0.1, -0.05) is 0 Å². The van der Waals surface area contributed by atoms with E-state index in [0.29, 0.717) is 33.0 Å². The molecular formula is C13H30O6. The van der Waals surface area contributed by atoms with E-state index in [9.17, 15) is 0 Å². The van der Waals surface area contributed by atoms with Crippen molar-refractivity contribution in [2.45, 2.75) is 13.8 Å². The highest BCUT2D eigenvalue weighted by Gasteiger charge is 1.87. The largest absolute Gasteiger partial charge is 0.394 e. The van der Waals surface area contributed by atoms with Crippen LogP contribution >= 0.6 is 0 Å². The Morgan fingerprint density at radius 3 is 1.47 bits per heavy atom. The van der Waals surface area contributed by atoms with Crippen LogP contribution in [0.3, 0.4) is 0 Å². The van der Waals surface area contributed by atoms with Gasteiger partial charge >= 0.3 is 0 Å². The number of aliphatic hydroxyl groups excluding tert-OH is 1. The molecule has 0 radical (unpaired) electrons. The molecule has 0 heterocycles. The third-order valence-corrected chi connectivity index (χ3v) is 1.82. The molecule has 0 aromatic rings. The summed E-state index contributed by atoms with van der Waals surface area (Å²) in [4.78, 5) is 0. The molecule has 0 aliphatic heterocycles. The first-order chi connectivity index (χ1) is 9.33. The molecule has 0 spiro atoms. The predicted molar refractivity (Wildman–Crippen MR) is 73.6 cm³/mol. The topological polar surface area (TPSA) is 66.4 Å². The van der Waals surface area contributed by atoms with E-state index < -0.39 is 0 Å². The minimum atomic E-state index is 0.0675. The summed E-state index contributed by atoms with van der Waals surface area (Å²) in [7, 11) is 1.63. The Morgan fingerprint density at radius 1 is 0.632 bits per heavy atom. The monoisotopic (exact) mass is 282 g/mol. The van der Waals surface area contributed by atoms with E-state index in [-0.39, 0.29) is 6.61 Å². The average Bonchev–Trinajstić information content (AvgIpc) is 2.44. The number of hydrogen-bond donors (Lipinski definition) is 1. The lowest BCUT2D eigenvalue weighted by molar-refractivity contribution is 0.0159. The minimum absolute atomic E-state index is 0.0675. The standard InChI is InChI=1S/C7H16O4.C6H14O2/c1-9-4-5-11-7-6-10-3-2-8;1-3-7-5-6-8-4-2/h8H,2-7H2,1H3;3-6H2,1-2H3. The van der Waals surface area contributed by atoms with Crippen LogP contribution in [0.2, 0.25) is 0 Å². The molecule has 0 saturated heterocycles. The fourth-order valence-corrected chi connectivity index (χ4v) is 0.935. The van der Waals surface area contributed by atoms with E-state index in [0.717, 1.165) is 26.4 Å². The summed E-state index contributed by atoms with van der Waals surface area (Å²) in [6.45, 7) is 9.73. The summed E-state index contributed by atoms with van der Waals surface area (Å²) in [5.74, 6) is 0. The molecule has 0 unspecified atom stereocenters. The van der Waals surface area contributed by atoms with Crippen LogP contribution in [0.4, 0.5) is 0 Å². The van der Waals surface area contributed by atoms with E-state index in [4.69, 9.17) is 28.8 Å². The van der Waals surface area contributed by atoms with Gasteiger partial charge < -0.3 is 28.8 Å². The molecule has 118 valence electrons. The molecule has 0 aliphatic rings. The van der Waals surface area contributed by atoms with E-state index in [2.05, 4.69) is 0 Å². The lowest BCUT2D eigenvalue weighted by Crippen LogP contribution is -2.09. The van der Waals surface area contributed by atoms with E-state index >= 15 is 0 Å². The number of hydrogen-bond acceptors (Lipinski definition) is 6. The summed E-state index contributed by atoms with van der Waals surface area (Å²) in [6.07, 6.45) is 0. The predicted octanol–water partition coefficient (Wildman–Crippen LogP) is 0.718. The van der Waals surface area contributed by atoms with Crippen molar-refractivity contribution < 1.29 is 28.8 Å². The zero-order chi connectivity index (χ0) is 14.6. The molecule has 0 bridgehead atoms. The molecule has 6 nitrogen and oxygen atoms in total. The maximum Gasteiger partial charge on any atom is 0.0701 e. The first kappa shape index (κ1) is 21.1. The van der Waals surface area contributed by atoms with Crippen molar-refractivity contribution in [2.24, 2.45) is 0 Å². The van der Waals surface area contributed by atoms with Crippen LogP contribution in [0.25, 0.3) is 0 Å². The molecular weight excluding hydrogens is 252 g/mol. The fraction of sp³-hybridized carbons (Fsp3) is 1.00. The minimum Gasteiger partial charge on any atom is -0.394 e. The number of rotatable bonds is 13. The van der Waals surface area contributed by atoms with Crippen LogP contribution in [0.1, 0.15) is 13.8 Å². The van der Waals surface area contributed by atoms with Crippen LogP contribution in [-0.4, -0.2) is 78.3 Å². The van der Waals surface area contributed by atoms with E-state index in [1.807, 2.05) is 13.8 Å². The molecule has 0 aromatic carbocycles. The Kier molecular flexibility index (Phi) is 25.4. The summed E-state index contributed by atoms with van der Waals surface area (Å²) in [5, 5.41) is 8.32. The quantitative estimate of drug-likeness (QED) is 0.502. The second kappa shape index (κ2) is 22.9. The Bertz CT molecular complexity index is 120. The van der Waals surface area contributed by atoms with Gasteiger partial charge in [0, 0.05) is 20.3 Å². The van der Waals surface area contributed by atoms with Crippen molar-refractivity contribution in [3.63, 3.8) is 0 Å². The Balaban J connectivity index is 0. The molecule has 6 heteroatoms. The second-order valence-corrected chi connectivity index (χ2v) is 3.33. The lowest BCUT2D eigenvalue weighted by Gasteiger charge is -2.03. The Morgan fingerprint density at radius 2 is 1.05 bits per heavy atom. The molecule has 0 saturated carbocycles. The van der Waals surface area contributed by atoms with Gasteiger partial charge in [0.25, 0.3) is 0 Å². The number of aliphatic hydroxyl groups is 1. The van der Waals surface area contributed by atoms with Crippen molar-refractivity contribution in [3.05, 3.63) is 0 Å². The molecule has 0 fully saturated rings. The maximum absolute atomic E-state index is 8.32. The van der Waals surface area contributed by atoms with Crippen molar-refractivity contribution in [1.82, 2.24) is 0 Å². The molecule has 0 atom stereocenters. The Labute approximate surface area is 116 Å². The van der Waals surface area contributed by atoms with Crippen LogP contribution in [0, 0.1) is 0 Å². The van der Waals surface area contributed by atoms with Gasteiger partial charge in [-0.3, -0.25) is 0 Å². The van der Waals surface area contributed by atoms with Crippen molar-refractivity contribution in [3.8, 4) is 0 Å². The van der Waals surface area contributed by atoms with E-state index in [1.54, 1.807) is 7.11 Å². The SMILES string of the molecule is CCOCCOCC.COCCOCCOCCO. The van der Waals surface area contributed by atoms with Gasteiger partial charge in [0.15, 0.2) is 0 Å². The number of methoxy groups -OCH3 is 1. The van der Waals surface area contributed by atoms with Gasteiger partial charge in [-0.25, -0.2) is 0 Å². The van der Waals surface area contributed by atoms with Crippen LogP contribution in [0.15, 0.2) is 0 Å². The summed E-state index contributed by atoms with van der Waals surface area (Å²) >= 11 is 0. The van der Waals surface area contributed by atoms with Gasteiger partial charge in [0.2, 0.25) is 0 Å². The van der Waals surface area contributed by atoms with Crippen LogP contribution < -0.4 is 0 Å². The first-order valence-corrected chi connectivity index (χ1v) is 6.74. The first-order valence-electron chi connectivity index (χ1n) is 6.74. The highest BCUT2D eigenvalue weighted by Crippen LogP contribution is 1.78. The molecule has 0 aromatic heterocycles. The van der Waals surface area contributed by atoms with Gasteiger partial charge in [-0.15, -0.1) is 0 Å². The third-order valence-electron chi connectivity index (χ3n) is 1.82. The molecule has 0 aliphatic carbocycles. The van der Waals surface area contributed by atoms with Gasteiger partial charge in [0.1, 0.15) is 0 Å². The third kappa shape index (κ3) is 27.1. The summed E-state index contributed by atoms with van der Waals surface area (Å²) in [5.41, 5.74) is 0. The van der Waals surface area contributed by atoms with Crippen LogP contribution in [-0.2, 0) is 23.7 Å². The molecule has 0 amide bonds. The van der Waals surface area contributed by atoms with E-state index in [1.165, 1.54) is 0 Å². The highest BCUT2D eigenvalue weighted by atomic mass is 16.5. The van der Waals surface area contributed by atoms with Gasteiger partial charge in [-0.2, -0.15) is 0 Å². The zero-order valence-corrected chi connectivity index (χ0v) is 12.6. The molecule has 19 heavy (non-hydrogen) atoms. The fourth-order valence-electron chi connectivity index (χ4n) is 0.935. The maximum atomic E-state index is 8.32. The summed E-state index contributed by atoms with van der Waals surface area (Å²) < 4.78 is 24.8. The highest BCUT2D eigenvalue weighted by molar-refractivity contribution is 4.31. The number of ether oxygens (including phenoxy) is 5. The average molecular weight is 282 g/mol. The zero-order valence-electron chi connectivity index (χ0n) is 12.6. The Hall–Kier alpha value is -0.240. The second-order valence-electron chi connectivity index (χ2n) is 3.33. The van der Waals surface area contributed by atoms with Crippen LogP contribution in [0.5, 0.6) is 0 Å². The normalized spacial score (nSPS) is 10.1.